The van der Waals surface area contributed by atoms with Crippen molar-refractivity contribution in [1.82, 2.24) is 15.5 Å². The van der Waals surface area contributed by atoms with Crippen LogP contribution in [-0.2, 0) is 4.74 Å². The first-order valence-electron chi connectivity index (χ1n) is 8.42. The number of guanidine groups is 1. The van der Waals surface area contributed by atoms with Crippen LogP contribution in [0.5, 0.6) is 0 Å². The number of aliphatic imine (C=N–C) groups is 1. The maximum atomic E-state index is 5.50. The van der Waals surface area contributed by atoms with Gasteiger partial charge in [-0.1, -0.05) is 19.9 Å². The number of halogens is 1. The molecule has 0 spiro atoms. The number of hydrogen-bond donors (Lipinski definition) is 2. The second-order valence-corrected chi connectivity index (χ2v) is 8.00. The van der Waals surface area contributed by atoms with Gasteiger partial charge in [0.05, 0.1) is 19.3 Å². The standard InChI is InChI=1S/C17H28N4OS.HI/c1-17(2)11-15(17)20-16(18-3)19-12-13(14-5-4-10-23-14)21-6-8-22-9-7-21;/h4-5,10,13,15H,6-9,11-12H2,1-3H3,(H2,18,19,20);1H. The minimum Gasteiger partial charge on any atom is -0.379 e. The fourth-order valence-electron chi connectivity index (χ4n) is 3.05. The molecule has 5 nitrogen and oxygen atoms in total. The number of rotatable bonds is 5. The van der Waals surface area contributed by atoms with E-state index in [-0.39, 0.29) is 24.0 Å². The zero-order chi connectivity index (χ0) is 16.3. The van der Waals surface area contributed by atoms with Gasteiger partial charge < -0.3 is 15.4 Å². The summed E-state index contributed by atoms with van der Waals surface area (Å²) in [5, 5.41) is 9.22. The van der Waals surface area contributed by atoms with Crippen molar-refractivity contribution >= 4 is 41.3 Å². The van der Waals surface area contributed by atoms with Crippen molar-refractivity contribution in [3.8, 4) is 0 Å². The summed E-state index contributed by atoms with van der Waals surface area (Å²) in [7, 11) is 1.85. The molecule has 1 aliphatic carbocycles. The van der Waals surface area contributed by atoms with E-state index in [1.54, 1.807) is 0 Å². The van der Waals surface area contributed by atoms with Crippen LogP contribution in [0.3, 0.4) is 0 Å². The van der Waals surface area contributed by atoms with Crippen LogP contribution in [0.2, 0.25) is 0 Å². The van der Waals surface area contributed by atoms with Gasteiger partial charge in [0.25, 0.3) is 0 Å². The molecule has 1 aliphatic heterocycles. The zero-order valence-electron chi connectivity index (χ0n) is 14.7. The fraction of sp³-hybridized carbons (Fsp3) is 0.706. The van der Waals surface area contributed by atoms with Crippen molar-refractivity contribution in [2.45, 2.75) is 32.4 Å². The van der Waals surface area contributed by atoms with Gasteiger partial charge in [-0.15, -0.1) is 35.3 Å². The molecule has 1 aromatic heterocycles. The maximum absolute atomic E-state index is 5.50. The van der Waals surface area contributed by atoms with Crippen LogP contribution in [0.15, 0.2) is 22.5 Å². The number of nitrogens with one attached hydrogen (secondary N) is 2. The highest BCUT2D eigenvalue weighted by Crippen LogP contribution is 2.44. The molecular weight excluding hydrogens is 435 g/mol. The van der Waals surface area contributed by atoms with Crippen molar-refractivity contribution in [2.24, 2.45) is 10.4 Å². The predicted octanol–water partition coefficient (Wildman–Crippen LogP) is 2.70. The molecule has 2 fully saturated rings. The van der Waals surface area contributed by atoms with Gasteiger partial charge in [0.15, 0.2) is 5.96 Å². The van der Waals surface area contributed by atoms with Crippen molar-refractivity contribution in [2.75, 3.05) is 39.9 Å². The van der Waals surface area contributed by atoms with Crippen molar-refractivity contribution in [3.63, 3.8) is 0 Å². The SMILES string of the molecule is CN=C(NCC(c1cccs1)N1CCOCC1)NC1CC1(C)C.I. The van der Waals surface area contributed by atoms with Crippen LogP contribution in [0.25, 0.3) is 0 Å². The highest BCUT2D eigenvalue weighted by Gasteiger charge is 2.46. The molecule has 1 saturated carbocycles. The smallest absolute Gasteiger partial charge is 0.191 e. The number of thiophene rings is 1. The molecule has 0 bridgehead atoms. The summed E-state index contributed by atoms with van der Waals surface area (Å²) in [5.41, 5.74) is 0.398. The molecule has 0 aromatic carbocycles. The third kappa shape index (κ3) is 5.06. The lowest BCUT2D eigenvalue weighted by molar-refractivity contribution is 0.0177. The van der Waals surface area contributed by atoms with Gasteiger partial charge in [-0.05, 0) is 23.3 Å². The average Bonchev–Trinajstić information content (AvgIpc) is 2.94. The molecule has 7 heteroatoms. The van der Waals surface area contributed by atoms with E-state index in [2.05, 4.69) is 51.9 Å². The molecule has 2 heterocycles. The van der Waals surface area contributed by atoms with Crippen LogP contribution in [0.1, 0.15) is 31.2 Å². The second-order valence-electron chi connectivity index (χ2n) is 7.02. The molecule has 24 heavy (non-hydrogen) atoms. The van der Waals surface area contributed by atoms with E-state index in [9.17, 15) is 0 Å². The number of nitrogens with zero attached hydrogens (tertiary/aromatic N) is 2. The monoisotopic (exact) mass is 464 g/mol. The summed E-state index contributed by atoms with van der Waals surface area (Å²) in [6.45, 7) is 9.09. The lowest BCUT2D eigenvalue weighted by Crippen LogP contribution is -2.46. The molecule has 1 saturated heterocycles. The second kappa shape index (κ2) is 8.82. The molecule has 2 N–H and O–H groups in total. The Morgan fingerprint density at radius 2 is 2.17 bits per heavy atom. The minimum atomic E-state index is 0. The predicted molar refractivity (Wildman–Crippen MR) is 112 cm³/mol. The largest absolute Gasteiger partial charge is 0.379 e. The van der Waals surface area contributed by atoms with E-state index in [1.807, 2.05) is 18.4 Å². The van der Waals surface area contributed by atoms with Gasteiger partial charge in [-0.25, -0.2) is 0 Å². The zero-order valence-corrected chi connectivity index (χ0v) is 17.9. The molecule has 2 unspecified atom stereocenters. The van der Waals surface area contributed by atoms with Gasteiger partial charge in [0.1, 0.15) is 0 Å². The lowest BCUT2D eigenvalue weighted by Gasteiger charge is -2.34. The van der Waals surface area contributed by atoms with E-state index in [4.69, 9.17) is 4.74 Å². The Labute approximate surface area is 166 Å². The summed E-state index contributed by atoms with van der Waals surface area (Å²) >= 11 is 1.83. The quantitative estimate of drug-likeness (QED) is 0.400. The average molecular weight is 464 g/mol. The van der Waals surface area contributed by atoms with E-state index in [0.717, 1.165) is 38.8 Å². The topological polar surface area (TPSA) is 48.9 Å². The van der Waals surface area contributed by atoms with Gasteiger partial charge in [0, 0.05) is 37.6 Å². The number of ether oxygens (including phenoxy) is 1. The summed E-state index contributed by atoms with van der Waals surface area (Å²) < 4.78 is 5.50. The van der Waals surface area contributed by atoms with Crippen molar-refractivity contribution in [3.05, 3.63) is 22.4 Å². The minimum absolute atomic E-state index is 0. The third-order valence-corrected chi connectivity index (χ3v) is 5.84. The summed E-state index contributed by atoms with van der Waals surface area (Å²) in [6, 6.07) is 5.28. The van der Waals surface area contributed by atoms with E-state index < -0.39 is 0 Å². The molecule has 2 aliphatic rings. The molecule has 3 rings (SSSR count). The van der Waals surface area contributed by atoms with E-state index in [0.29, 0.717) is 17.5 Å². The first kappa shape index (κ1) is 19.9. The van der Waals surface area contributed by atoms with Crippen molar-refractivity contribution in [1.29, 1.82) is 0 Å². The first-order chi connectivity index (χ1) is 11.1. The molecule has 136 valence electrons. The molecule has 1 aromatic rings. The van der Waals surface area contributed by atoms with Crippen LogP contribution < -0.4 is 10.6 Å². The highest BCUT2D eigenvalue weighted by atomic mass is 127. The normalized spacial score (nSPS) is 24.8. The van der Waals surface area contributed by atoms with Gasteiger partial charge >= 0.3 is 0 Å². The Bertz CT molecular complexity index is 529. The Morgan fingerprint density at radius 3 is 2.71 bits per heavy atom. The summed E-state index contributed by atoms with van der Waals surface area (Å²) in [4.78, 5) is 8.30. The lowest BCUT2D eigenvalue weighted by atomic mass is 10.2. The maximum Gasteiger partial charge on any atom is 0.191 e. The molecule has 2 atom stereocenters. The van der Waals surface area contributed by atoms with Gasteiger partial charge in [-0.3, -0.25) is 9.89 Å². The molecule has 0 radical (unpaired) electrons. The van der Waals surface area contributed by atoms with Crippen LogP contribution in [0.4, 0.5) is 0 Å². The highest BCUT2D eigenvalue weighted by molar-refractivity contribution is 14.0. The van der Waals surface area contributed by atoms with Gasteiger partial charge in [-0.2, -0.15) is 0 Å². The summed E-state index contributed by atoms with van der Waals surface area (Å²) in [5.74, 6) is 0.912. The summed E-state index contributed by atoms with van der Waals surface area (Å²) in [6.07, 6.45) is 1.21. The Kier molecular flexibility index (Phi) is 7.33. The number of morpholine rings is 1. The van der Waals surface area contributed by atoms with Gasteiger partial charge in [0.2, 0.25) is 0 Å². The first-order valence-corrected chi connectivity index (χ1v) is 9.30. The van der Waals surface area contributed by atoms with Crippen LogP contribution in [-0.4, -0.2) is 56.8 Å². The fourth-order valence-corrected chi connectivity index (χ4v) is 3.91. The van der Waals surface area contributed by atoms with E-state index >= 15 is 0 Å². The molecular formula is C17H29IN4OS. The Hall–Kier alpha value is -0.380. The van der Waals surface area contributed by atoms with Crippen LogP contribution in [0, 0.1) is 5.41 Å². The Balaban J connectivity index is 0.00000208. The van der Waals surface area contributed by atoms with E-state index in [1.165, 1.54) is 11.3 Å². The third-order valence-electron chi connectivity index (χ3n) is 4.87. The molecule has 0 amide bonds. The van der Waals surface area contributed by atoms with Crippen LogP contribution >= 0.6 is 35.3 Å². The van der Waals surface area contributed by atoms with Crippen molar-refractivity contribution < 1.29 is 4.74 Å². The number of hydrogen-bond acceptors (Lipinski definition) is 4. The Morgan fingerprint density at radius 1 is 1.46 bits per heavy atom.